The van der Waals surface area contributed by atoms with Crippen LogP contribution in [0.1, 0.15) is 63.6 Å². The van der Waals surface area contributed by atoms with Crippen LogP contribution >= 0.6 is 11.6 Å². The second-order valence-corrected chi connectivity index (χ2v) is 10.5. The zero-order valence-electron chi connectivity index (χ0n) is 16.4. The summed E-state index contributed by atoms with van der Waals surface area (Å²) >= 11 is 5.17. The van der Waals surface area contributed by atoms with Crippen molar-refractivity contribution in [2.45, 2.75) is 70.0 Å². The lowest BCUT2D eigenvalue weighted by Gasteiger charge is -2.31. The molecule has 1 unspecified atom stereocenters. The molecule has 0 aliphatic carbocycles. The fourth-order valence-corrected chi connectivity index (χ4v) is 4.43. The molecule has 0 radical (unpaired) electrons. The molecule has 2 heterocycles. The molecule has 1 N–H and O–H groups in total. The van der Waals surface area contributed by atoms with Crippen molar-refractivity contribution in [1.82, 2.24) is 4.72 Å². The van der Waals surface area contributed by atoms with Crippen LogP contribution in [0.3, 0.4) is 0 Å². The summed E-state index contributed by atoms with van der Waals surface area (Å²) < 4.78 is 33.0. The first-order valence-corrected chi connectivity index (χ1v) is 11.2. The van der Waals surface area contributed by atoms with Gasteiger partial charge in [0.15, 0.2) is 6.29 Å². The lowest BCUT2D eigenvalue weighted by molar-refractivity contribution is -0.182. The summed E-state index contributed by atoms with van der Waals surface area (Å²) in [5.74, 6) is 0.849. The number of fused-ring (bicyclic) bond motifs is 1. The highest BCUT2D eigenvalue weighted by Gasteiger charge is 2.32. The number of hydrogen-bond donors (Lipinski definition) is 1. The minimum atomic E-state index is -1.20. The lowest BCUT2D eigenvalue weighted by Crippen LogP contribution is -2.42. The smallest absolute Gasteiger partial charge is 0.157 e. The van der Waals surface area contributed by atoms with Gasteiger partial charge in [0, 0.05) is 22.8 Å². The Kier molecular flexibility index (Phi) is 7.33. The van der Waals surface area contributed by atoms with E-state index in [4.69, 9.17) is 25.8 Å². The first-order chi connectivity index (χ1) is 12.8. The fourth-order valence-electron chi connectivity index (χ4n) is 3.36. The summed E-state index contributed by atoms with van der Waals surface area (Å²) in [4.78, 5) is 0. The molecule has 0 saturated carbocycles. The van der Waals surface area contributed by atoms with Crippen molar-refractivity contribution in [3.63, 3.8) is 0 Å². The number of ether oxygens (including phenoxy) is 3. The Balaban J connectivity index is 1.83. The van der Waals surface area contributed by atoms with Gasteiger partial charge in [-0.25, -0.2) is 0 Å². The van der Waals surface area contributed by atoms with Gasteiger partial charge in [-0.2, -0.15) is 0 Å². The van der Waals surface area contributed by atoms with Crippen molar-refractivity contribution in [3.8, 4) is 5.75 Å². The van der Waals surface area contributed by atoms with Gasteiger partial charge in [-0.3, -0.25) is 0 Å². The quantitative estimate of drug-likeness (QED) is 0.701. The maximum Gasteiger partial charge on any atom is 0.157 e. The number of nitrogens with one attached hydrogen (secondary N) is 1. The highest BCUT2D eigenvalue weighted by molar-refractivity contribution is 7.90. The van der Waals surface area contributed by atoms with Crippen molar-refractivity contribution in [1.29, 1.82) is 0 Å². The van der Waals surface area contributed by atoms with E-state index in [9.17, 15) is 4.55 Å². The van der Waals surface area contributed by atoms with Crippen molar-refractivity contribution >= 4 is 23.0 Å². The number of hydrogen-bond acceptors (Lipinski definition) is 5. The molecule has 1 aromatic rings. The first-order valence-electron chi connectivity index (χ1n) is 9.71. The van der Waals surface area contributed by atoms with Crippen LogP contribution in [-0.2, 0) is 27.3 Å². The zero-order valence-corrected chi connectivity index (χ0v) is 18.0. The van der Waals surface area contributed by atoms with Gasteiger partial charge >= 0.3 is 0 Å². The predicted octanol–water partition coefficient (Wildman–Crippen LogP) is 4.30. The van der Waals surface area contributed by atoms with Gasteiger partial charge in [0.25, 0.3) is 0 Å². The van der Waals surface area contributed by atoms with Crippen LogP contribution in [0.4, 0.5) is 0 Å². The molecule has 1 saturated heterocycles. The molecule has 0 aromatic heterocycles. The second kappa shape index (κ2) is 9.33. The van der Waals surface area contributed by atoms with Crippen molar-refractivity contribution < 1.29 is 18.8 Å². The van der Waals surface area contributed by atoms with Gasteiger partial charge < -0.3 is 18.8 Å². The van der Waals surface area contributed by atoms with Gasteiger partial charge in [0.2, 0.25) is 0 Å². The first kappa shape index (κ1) is 21.2. The van der Waals surface area contributed by atoms with Crippen LogP contribution in [-0.4, -0.2) is 35.4 Å². The number of halogens is 1. The van der Waals surface area contributed by atoms with Gasteiger partial charge in [-0.1, -0.05) is 11.6 Å². The van der Waals surface area contributed by atoms with Crippen LogP contribution in [0.25, 0.3) is 0 Å². The molecule has 0 amide bonds. The van der Waals surface area contributed by atoms with Crippen molar-refractivity contribution in [2.24, 2.45) is 0 Å². The molecule has 2 aliphatic rings. The fraction of sp³-hybridized carbons (Fsp3) is 0.700. The molecular formula is C20H30ClNO4S. The average Bonchev–Trinajstić information content (AvgIpc) is 2.64. The summed E-state index contributed by atoms with van der Waals surface area (Å²) in [7, 11) is 0. The summed E-state index contributed by atoms with van der Waals surface area (Å²) in [5.41, 5.74) is 2.24. The van der Waals surface area contributed by atoms with Crippen LogP contribution in [0.5, 0.6) is 5.75 Å². The van der Waals surface area contributed by atoms with E-state index >= 15 is 0 Å². The third-order valence-electron chi connectivity index (χ3n) is 4.81. The largest absolute Gasteiger partial charge is 0.598 e. The molecule has 2 atom stereocenters. The van der Waals surface area contributed by atoms with E-state index in [2.05, 4.69) is 4.72 Å². The second-order valence-electron chi connectivity index (χ2n) is 8.08. The standard InChI is InChI=1S/C20H30ClNO4S/c1-20(2,3)27(23)22-17(7-8-19-25-10-5-11-26-19)16-12-14(21)13-18-15(16)6-4-9-24-18/h12-13,17,19,22H,4-11H2,1-3H3/t17?,27-/m0/s1. The number of benzene rings is 1. The van der Waals surface area contributed by atoms with E-state index < -0.39 is 11.4 Å². The molecule has 5 nitrogen and oxygen atoms in total. The Labute approximate surface area is 170 Å². The van der Waals surface area contributed by atoms with Gasteiger partial charge in [-0.15, -0.1) is 4.72 Å². The predicted molar refractivity (Wildman–Crippen MR) is 109 cm³/mol. The Morgan fingerprint density at radius 1 is 1.22 bits per heavy atom. The SMILES string of the molecule is CC(C)(C)[S@+]([O-])NC(CCC1OCCCO1)c1cc(Cl)cc2c1CCCO2. The minimum Gasteiger partial charge on any atom is -0.598 e. The van der Waals surface area contributed by atoms with Crippen LogP contribution in [0, 0.1) is 0 Å². The Hall–Kier alpha value is -0.500. The summed E-state index contributed by atoms with van der Waals surface area (Å²) in [6.07, 6.45) is 4.15. The van der Waals surface area contributed by atoms with Crippen LogP contribution in [0.2, 0.25) is 5.02 Å². The van der Waals surface area contributed by atoms with Gasteiger partial charge in [0.05, 0.1) is 25.9 Å². The summed E-state index contributed by atoms with van der Waals surface area (Å²) in [6, 6.07) is 3.76. The van der Waals surface area contributed by atoms with Gasteiger partial charge in [-0.05, 0) is 69.7 Å². The Morgan fingerprint density at radius 3 is 2.67 bits per heavy atom. The normalized spacial score (nSPS) is 20.6. The molecule has 3 rings (SSSR count). The average molecular weight is 416 g/mol. The molecular weight excluding hydrogens is 386 g/mol. The van der Waals surface area contributed by atoms with Gasteiger partial charge in [0.1, 0.15) is 10.5 Å². The summed E-state index contributed by atoms with van der Waals surface area (Å²) in [5, 5.41) is 0.643. The Morgan fingerprint density at radius 2 is 1.96 bits per heavy atom. The molecule has 152 valence electrons. The monoisotopic (exact) mass is 415 g/mol. The minimum absolute atomic E-state index is 0.103. The third kappa shape index (κ3) is 5.75. The Bertz CT molecular complexity index is 631. The van der Waals surface area contributed by atoms with Crippen molar-refractivity contribution in [2.75, 3.05) is 19.8 Å². The highest BCUT2D eigenvalue weighted by atomic mass is 35.5. The van der Waals surface area contributed by atoms with Crippen molar-refractivity contribution in [3.05, 3.63) is 28.3 Å². The van der Waals surface area contributed by atoms with E-state index in [1.54, 1.807) is 0 Å². The molecule has 7 heteroatoms. The van der Waals surface area contributed by atoms with Crippen LogP contribution in [0.15, 0.2) is 12.1 Å². The topological polar surface area (TPSA) is 62.8 Å². The molecule has 1 fully saturated rings. The zero-order chi connectivity index (χ0) is 19.4. The van der Waals surface area contributed by atoms with E-state index in [1.165, 1.54) is 5.56 Å². The highest BCUT2D eigenvalue weighted by Crippen LogP contribution is 2.37. The molecule has 1 aromatic carbocycles. The lowest BCUT2D eigenvalue weighted by atomic mass is 9.93. The van der Waals surface area contributed by atoms with E-state index in [-0.39, 0.29) is 17.1 Å². The maximum atomic E-state index is 12.8. The molecule has 0 bridgehead atoms. The summed E-state index contributed by atoms with van der Waals surface area (Å²) in [6.45, 7) is 8.09. The van der Waals surface area contributed by atoms with E-state index in [0.717, 1.165) is 56.6 Å². The van der Waals surface area contributed by atoms with Crippen LogP contribution < -0.4 is 9.46 Å². The van der Waals surface area contributed by atoms with E-state index in [0.29, 0.717) is 11.6 Å². The molecule has 27 heavy (non-hydrogen) atoms. The van der Waals surface area contributed by atoms with E-state index in [1.807, 2.05) is 32.9 Å². The molecule has 0 spiro atoms. The number of rotatable bonds is 6. The maximum absolute atomic E-state index is 12.8. The molecule has 2 aliphatic heterocycles. The third-order valence-corrected chi connectivity index (χ3v) is 6.63.